The molecule has 3 aromatic carbocycles. The van der Waals surface area contributed by atoms with Crippen molar-refractivity contribution < 1.29 is 4.79 Å². The van der Waals surface area contributed by atoms with E-state index in [9.17, 15) is 4.79 Å². The van der Waals surface area contributed by atoms with E-state index in [2.05, 4.69) is 11.4 Å². The maximum absolute atomic E-state index is 13.3. The van der Waals surface area contributed by atoms with Gasteiger partial charge in [0, 0.05) is 21.6 Å². The highest BCUT2D eigenvalue weighted by Crippen LogP contribution is 2.52. The first-order chi connectivity index (χ1) is 13.1. The molecule has 1 atom stereocenters. The van der Waals surface area contributed by atoms with Gasteiger partial charge in [-0.25, -0.2) is 0 Å². The summed E-state index contributed by atoms with van der Waals surface area (Å²) >= 11 is 14.1. The summed E-state index contributed by atoms with van der Waals surface area (Å²) in [5, 5.41) is 4.34. The molecule has 0 unspecified atom stereocenters. The van der Waals surface area contributed by atoms with E-state index in [1.54, 1.807) is 17.8 Å². The van der Waals surface area contributed by atoms with Crippen LogP contribution in [0.1, 0.15) is 26.7 Å². The van der Waals surface area contributed by atoms with Crippen LogP contribution in [0.25, 0.3) is 5.70 Å². The lowest BCUT2D eigenvalue weighted by atomic mass is 10.0. The summed E-state index contributed by atoms with van der Waals surface area (Å²) in [4.78, 5) is 14.4. The van der Waals surface area contributed by atoms with E-state index in [1.165, 1.54) is 0 Å². The summed E-state index contributed by atoms with van der Waals surface area (Å²) in [6.45, 7) is 0. The molecule has 1 aliphatic carbocycles. The van der Waals surface area contributed by atoms with Crippen LogP contribution in [0.4, 0.5) is 5.69 Å². The van der Waals surface area contributed by atoms with E-state index in [0.717, 1.165) is 38.5 Å². The summed E-state index contributed by atoms with van der Waals surface area (Å²) in [6.07, 6.45) is 0. The molecule has 0 saturated heterocycles. The van der Waals surface area contributed by atoms with E-state index < -0.39 is 0 Å². The SMILES string of the molecule is O=C1C2=C(Nc3ccccc3S[C@@H]2c2ccc(Cl)c(Cl)c2)c2ccccc21. The van der Waals surface area contributed by atoms with Crippen LogP contribution in [0.3, 0.4) is 0 Å². The molecule has 132 valence electrons. The summed E-state index contributed by atoms with van der Waals surface area (Å²) in [7, 11) is 0. The Morgan fingerprint density at radius 1 is 0.852 bits per heavy atom. The molecule has 1 aliphatic heterocycles. The molecule has 5 heteroatoms. The fourth-order valence-corrected chi connectivity index (χ4v) is 5.18. The minimum atomic E-state index is -0.175. The maximum atomic E-state index is 13.3. The number of anilines is 1. The Bertz CT molecular complexity index is 1140. The average Bonchev–Trinajstić information content (AvgIpc) is 2.85. The maximum Gasteiger partial charge on any atom is 0.193 e. The standard InChI is InChI=1S/C22H13Cl2NOS/c23-15-10-9-12(11-16(15)24)22-19-20(13-5-1-2-6-14(13)21(19)26)25-17-7-3-4-8-18(17)27-22/h1-11,22,25H/t22-/m1/s1. The van der Waals surface area contributed by atoms with Crippen LogP contribution in [-0.2, 0) is 0 Å². The zero-order valence-corrected chi connectivity index (χ0v) is 16.3. The molecule has 0 bridgehead atoms. The molecule has 2 aliphatic rings. The first-order valence-corrected chi connectivity index (χ1v) is 10.1. The molecule has 0 radical (unpaired) electrons. The van der Waals surface area contributed by atoms with Gasteiger partial charge < -0.3 is 5.32 Å². The number of ketones is 1. The van der Waals surface area contributed by atoms with Gasteiger partial charge in [-0.3, -0.25) is 4.79 Å². The number of Topliss-reactive ketones (excluding diaryl/α,β-unsaturated/α-hetero) is 1. The van der Waals surface area contributed by atoms with Gasteiger partial charge >= 0.3 is 0 Å². The van der Waals surface area contributed by atoms with Crippen LogP contribution in [0, 0.1) is 0 Å². The lowest BCUT2D eigenvalue weighted by Gasteiger charge is -2.18. The van der Waals surface area contributed by atoms with Crippen molar-refractivity contribution in [3.05, 3.63) is 99.0 Å². The van der Waals surface area contributed by atoms with E-state index in [1.807, 2.05) is 54.6 Å². The van der Waals surface area contributed by atoms with Crippen molar-refractivity contribution in [1.82, 2.24) is 0 Å². The van der Waals surface area contributed by atoms with Gasteiger partial charge in [-0.2, -0.15) is 0 Å². The second-order valence-electron chi connectivity index (χ2n) is 6.46. The van der Waals surface area contributed by atoms with Gasteiger partial charge in [-0.15, -0.1) is 11.8 Å². The van der Waals surface area contributed by atoms with Crippen LogP contribution >= 0.6 is 35.0 Å². The van der Waals surface area contributed by atoms with Gasteiger partial charge in [0.1, 0.15) is 0 Å². The average molecular weight is 410 g/mol. The zero-order chi connectivity index (χ0) is 18.5. The number of hydrogen-bond donors (Lipinski definition) is 1. The third kappa shape index (κ3) is 2.69. The Morgan fingerprint density at radius 2 is 1.59 bits per heavy atom. The van der Waals surface area contributed by atoms with Gasteiger partial charge in [0.05, 0.1) is 26.7 Å². The minimum absolute atomic E-state index is 0.0597. The van der Waals surface area contributed by atoms with Crippen LogP contribution in [0.5, 0.6) is 0 Å². The number of para-hydroxylation sites is 1. The van der Waals surface area contributed by atoms with E-state index in [-0.39, 0.29) is 11.0 Å². The van der Waals surface area contributed by atoms with E-state index in [4.69, 9.17) is 23.2 Å². The van der Waals surface area contributed by atoms with Crippen molar-refractivity contribution in [3.63, 3.8) is 0 Å². The first kappa shape index (κ1) is 16.9. The molecule has 5 rings (SSSR count). The third-order valence-electron chi connectivity index (χ3n) is 4.86. The fourth-order valence-electron chi connectivity index (χ4n) is 3.59. The molecular formula is C22H13Cl2NOS. The summed E-state index contributed by atoms with van der Waals surface area (Å²) in [6, 6.07) is 21.4. The monoisotopic (exact) mass is 409 g/mol. The zero-order valence-electron chi connectivity index (χ0n) is 14.0. The lowest BCUT2D eigenvalue weighted by molar-refractivity contribution is 0.103. The molecule has 0 fully saturated rings. The summed E-state index contributed by atoms with van der Waals surface area (Å²) in [5.74, 6) is 0.0597. The van der Waals surface area contributed by atoms with Crippen LogP contribution < -0.4 is 5.32 Å². The number of hydrogen-bond acceptors (Lipinski definition) is 3. The largest absolute Gasteiger partial charge is 0.354 e. The van der Waals surface area contributed by atoms with Crippen molar-refractivity contribution in [2.75, 3.05) is 5.32 Å². The van der Waals surface area contributed by atoms with Crippen LogP contribution in [0.2, 0.25) is 10.0 Å². The number of nitrogens with one attached hydrogen (secondary N) is 1. The smallest absolute Gasteiger partial charge is 0.193 e. The predicted molar refractivity (Wildman–Crippen MR) is 113 cm³/mol. The highest BCUT2D eigenvalue weighted by Gasteiger charge is 2.38. The fraction of sp³-hybridized carbons (Fsp3) is 0.0455. The highest BCUT2D eigenvalue weighted by molar-refractivity contribution is 8.00. The molecule has 0 aromatic heterocycles. The Morgan fingerprint density at radius 3 is 2.41 bits per heavy atom. The molecule has 3 aromatic rings. The first-order valence-electron chi connectivity index (χ1n) is 8.49. The van der Waals surface area contributed by atoms with Crippen LogP contribution in [0.15, 0.2) is 77.2 Å². The second-order valence-corrected chi connectivity index (χ2v) is 8.42. The molecule has 0 spiro atoms. The van der Waals surface area contributed by atoms with Gasteiger partial charge in [0.25, 0.3) is 0 Å². The van der Waals surface area contributed by atoms with Crippen LogP contribution in [-0.4, -0.2) is 5.78 Å². The molecule has 2 nitrogen and oxygen atoms in total. The number of carbonyl (C=O) groups is 1. The number of benzene rings is 3. The van der Waals surface area contributed by atoms with Gasteiger partial charge in [0.15, 0.2) is 5.78 Å². The van der Waals surface area contributed by atoms with E-state index in [0.29, 0.717) is 10.0 Å². The third-order valence-corrected chi connectivity index (χ3v) is 6.95. The molecule has 1 heterocycles. The Hall–Kier alpha value is -2.20. The summed E-state index contributed by atoms with van der Waals surface area (Å²) < 4.78 is 0. The molecule has 27 heavy (non-hydrogen) atoms. The molecule has 0 saturated carbocycles. The summed E-state index contributed by atoms with van der Waals surface area (Å²) in [5.41, 5.74) is 5.28. The second kappa shape index (κ2) is 6.45. The van der Waals surface area contributed by atoms with Gasteiger partial charge in [-0.05, 0) is 29.8 Å². The van der Waals surface area contributed by atoms with Gasteiger partial charge in [0.2, 0.25) is 0 Å². The van der Waals surface area contributed by atoms with Crippen molar-refractivity contribution >= 4 is 52.1 Å². The van der Waals surface area contributed by atoms with Crippen molar-refractivity contribution in [2.45, 2.75) is 10.1 Å². The highest BCUT2D eigenvalue weighted by atomic mass is 35.5. The quantitative estimate of drug-likeness (QED) is 0.475. The number of halogens is 2. The number of fused-ring (bicyclic) bond motifs is 3. The minimum Gasteiger partial charge on any atom is -0.354 e. The number of rotatable bonds is 1. The molecule has 0 amide bonds. The van der Waals surface area contributed by atoms with Crippen molar-refractivity contribution in [3.8, 4) is 0 Å². The van der Waals surface area contributed by atoms with E-state index >= 15 is 0 Å². The predicted octanol–water partition coefficient (Wildman–Crippen LogP) is 6.86. The topological polar surface area (TPSA) is 29.1 Å². The number of thioether (sulfide) groups is 1. The Labute approximate surface area is 171 Å². The van der Waals surface area contributed by atoms with Crippen molar-refractivity contribution in [2.24, 2.45) is 0 Å². The van der Waals surface area contributed by atoms with Crippen molar-refractivity contribution in [1.29, 1.82) is 0 Å². The van der Waals surface area contributed by atoms with Gasteiger partial charge in [-0.1, -0.05) is 65.7 Å². The molecular weight excluding hydrogens is 397 g/mol. The lowest BCUT2D eigenvalue weighted by Crippen LogP contribution is -2.07. The Balaban J connectivity index is 1.75. The number of carbonyl (C=O) groups excluding carboxylic acids is 1. The Kier molecular flexibility index (Phi) is 4.05. The molecule has 1 N–H and O–H groups in total. The normalized spacial score (nSPS) is 17.7.